The first kappa shape index (κ1) is 12.9. The molecule has 0 aromatic carbocycles. The number of aromatic nitrogens is 1. The van der Waals surface area contributed by atoms with Crippen LogP contribution in [-0.2, 0) is 0 Å². The monoisotopic (exact) mass is 276 g/mol. The molecule has 94 valence electrons. The zero-order valence-corrected chi connectivity index (χ0v) is 10.9. The number of anilines is 1. The van der Waals surface area contributed by atoms with E-state index in [0.717, 1.165) is 32.2 Å². The van der Waals surface area contributed by atoms with Crippen molar-refractivity contribution in [1.29, 1.82) is 0 Å². The van der Waals surface area contributed by atoms with Crippen LogP contribution in [0.25, 0.3) is 0 Å². The summed E-state index contributed by atoms with van der Waals surface area (Å²) in [6, 6.07) is 1.27. The highest BCUT2D eigenvalue weighted by molar-refractivity contribution is 6.30. The van der Waals surface area contributed by atoms with Crippen molar-refractivity contribution in [2.45, 2.75) is 31.1 Å². The van der Waals surface area contributed by atoms with Crippen molar-refractivity contribution >= 4 is 29.0 Å². The van der Waals surface area contributed by atoms with E-state index in [2.05, 4.69) is 10.3 Å². The Hall–Kier alpha value is -0.540. The molecule has 2 rings (SSSR count). The number of rotatable bonds is 3. The lowest BCUT2D eigenvalue weighted by molar-refractivity contribution is 0.377. The molecule has 0 atom stereocenters. The predicted molar refractivity (Wildman–Crippen MR) is 69.3 cm³/mol. The molecular formula is C12H15Cl2FN2. The Morgan fingerprint density at radius 2 is 2.06 bits per heavy atom. The Morgan fingerprint density at radius 3 is 2.71 bits per heavy atom. The van der Waals surface area contributed by atoms with Crippen molar-refractivity contribution < 1.29 is 4.39 Å². The first-order chi connectivity index (χ1) is 8.15. The molecule has 0 unspecified atom stereocenters. The van der Waals surface area contributed by atoms with E-state index in [1.807, 2.05) is 0 Å². The van der Waals surface area contributed by atoms with Gasteiger partial charge < -0.3 is 5.32 Å². The zero-order chi connectivity index (χ0) is 12.3. The highest BCUT2D eigenvalue weighted by atomic mass is 35.5. The quantitative estimate of drug-likeness (QED) is 0.842. The van der Waals surface area contributed by atoms with Crippen molar-refractivity contribution in [3.05, 3.63) is 23.1 Å². The van der Waals surface area contributed by atoms with Crippen LogP contribution in [0.15, 0.2) is 12.3 Å². The second-order valence-corrected chi connectivity index (χ2v) is 5.54. The molecule has 1 aromatic rings. The highest BCUT2D eigenvalue weighted by Crippen LogP contribution is 2.28. The number of hydrogen-bond donors (Lipinski definition) is 1. The van der Waals surface area contributed by atoms with Crippen LogP contribution in [0.4, 0.5) is 10.2 Å². The Kier molecular flexibility index (Phi) is 4.46. The van der Waals surface area contributed by atoms with Crippen molar-refractivity contribution in [1.82, 2.24) is 4.98 Å². The van der Waals surface area contributed by atoms with E-state index in [1.165, 1.54) is 12.3 Å². The van der Waals surface area contributed by atoms with Crippen LogP contribution in [0, 0.1) is 11.7 Å². The Balaban J connectivity index is 1.85. The third kappa shape index (κ3) is 3.71. The van der Waals surface area contributed by atoms with Crippen LogP contribution in [0.5, 0.6) is 0 Å². The SMILES string of the molecule is Fc1cc(Cl)cnc1NCC1CCC(Cl)CC1. The molecule has 1 N–H and O–H groups in total. The summed E-state index contributed by atoms with van der Waals surface area (Å²) in [6.07, 6.45) is 5.73. The molecule has 1 aliphatic carbocycles. The van der Waals surface area contributed by atoms with Gasteiger partial charge in [-0.05, 0) is 37.7 Å². The summed E-state index contributed by atoms with van der Waals surface area (Å²) in [5.41, 5.74) is 0. The molecule has 1 aliphatic rings. The maximum Gasteiger partial charge on any atom is 0.166 e. The van der Waals surface area contributed by atoms with Gasteiger partial charge in [0.2, 0.25) is 0 Å². The van der Waals surface area contributed by atoms with Gasteiger partial charge in [0.1, 0.15) is 0 Å². The zero-order valence-electron chi connectivity index (χ0n) is 9.43. The summed E-state index contributed by atoms with van der Waals surface area (Å²) in [7, 11) is 0. The molecule has 0 amide bonds. The van der Waals surface area contributed by atoms with Gasteiger partial charge in [0.05, 0.1) is 5.02 Å². The Labute approximate surface area is 111 Å². The first-order valence-electron chi connectivity index (χ1n) is 5.84. The van der Waals surface area contributed by atoms with Gasteiger partial charge in [-0.3, -0.25) is 0 Å². The number of pyridine rings is 1. The molecule has 17 heavy (non-hydrogen) atoms. The molecule has 1 aromatic heterocycles. The van der Waals surface area contributed by atoms with Crippen LogP contribution < -0.4 is 5.32 Å². The molecule has 0 saturated heterocycles. The second kappa shape index (κ2) is 5.87. The molecule has 1 saturated carbocycles. The molecule has 2 nitrogen and oxygen atoms in total. The van der Waals surface area contributed by atoms with E-state index in [9.17, 15) is 4.39 Å². The molecular weight excluding hydrogens is 262 g/mol. The van der Waals surface area contributed by atoms with Crippen LogP contribution in [0.3, 0.4) is 0 Å². The summed E-state index contributed by atoms with van der Waals surface area (Å²) in [5.74, 6) is 0.438. The molecule has 0 spiro atoms. The predicted octanol–water partition coefficient (Wildman–Crippen LogP) is 4.08. The van der Waals surface area contributed by atoms with E-state index in [1.54, 1.807) is 0 Å². The van der Waals surface area contributed by atoms with Gasteiger partial charge >= 0.3 is 0 Å². The van der Waals surface area contributed by atoms with E-state index >= 15 is 0 Å². The average Bonchev–Trinajstić information content (AvgIpc) is 2.30. The largest absolute Gasteiger partial charge is 0.367 e. The topological polar surface area (TPSA) is 24.9 Å². The lowest BCUT2D eigenvalue weighted by Gasteiger charge is -2.25. The summed E-state index contributed by atoms with van der Waals surface area (Å²) in [6.45, 7) is 0.745. The molecule has 0 bridgehead atoms. The maximum atomic E-state index is 13.4. The van der Waals surface area contributed by atoms with Gasteiger partial charge in [-0.25, -0.2) is 9.37 Å². The summed E-state index contributed by atoms with van der Waals surface area (Å²) in [5, 5.41) is 3.67. The molecule has 0 aliphatic heterocycles. The number of nitrogens with one attached hydrogen (secondary N) is 1. The molecule has 1 fully saturated rings. The fourth-order valence-electron chi connectivity index (χ4n) is 2.11. The average molecular weight is 277 g/mol. The van der Waals surface area contributed by atoms with Crippen molar-refractivity contribution in [3.8, 4) is 0 Å². The minimum atomic E-state index is -0.400. The van der Waals surface area contributed by atoms with Crippen molar-refractivity contribution in [2.75, 3.05) is 11.9 Å². The van der Waals surface area contributed by atoms with E-state index in [4.69, 9.17) is 23.2 Å². The summed E-state index contributed by atoms with van der Waals surface area (Å²) >= 11 is 11.7. The lowest BCUT2D eigenvalue weighted by Crippen LogP contribution is -2.22. The normalized spacial score (nSPS) is 24.6. The van der Waals surface area contributed by atoms with Gasteiger partial charge in [0, 0.05) is 18.1 Å². The van der Waals surface area contributed by atoms with Crippen LogP contribution >= 0.6 is 23.2 Å². The Bertz CT molecular complexity index is 379. The third-order valence-electron chi connectivity index (χ3n) is 3.14. The minimum absolute atomic E-state index is 0.280. The first-order valence-corrected chi connectivity index (χ1v) is 6.65. The van der Waals surface area contributed by atoms with Gasteiger partial charge in [0.25, 0.3) is 0 Å². The summed E-state index contributed by atoms with van der Waals surface area (Å²) < 4.78 is 13.4. The fraction of sp³-hybridized carbons (Fsp3) is 0.583. The van der Waals surface area contributed by atoms with E-state index in [-0.39, 0.29) is 5.82 Å². The van der Waals surface area contributed by atoms with E-state index < -0.39 is 5.82 Å². The van der Waals surface area contributed by atoms with Crippen LogP contribution in [0.1, 0.15) is 25.7 Å². The van der Waals surface area contributed by atoms with Crippen molar-refractivity contribution in [2.24, 2.45) is 5.92 Å². The van der Waals surface area contributed by atoms with Gasteiger partial charge in [-0.15, -0.1) is 11.6 Å². The molecule has 5 heteroatoms. The molecule has 0 radical (unpaired) electrons. The molecule has 1 heterocycles. The Morgan fingerprint density at radius 1 is 1.35 bits per heavy atom. The van der Waals surface area contributed by atoms with Gasteiger partial charge in [-0.1, -0.05) is 11.6 Å². The van der Waals surface area contributed by atoms with Crippen LogP contribution in [-0.4, -0.2) is 16.9 Å². The number of alkyl halides is 1. The van der Waals surface area contributed by atoms with Gasteiger partial charge in [0.15, 0.2) is 11.6 Å². The standard InChI is InChI=1S/C12H15Cl2FN2/c13-9-3-1-8(2-4-9)6-16-12-11(15)5-10(14)7-17-12/h5,7-9H,1-4,6H2,(H,16,17). The number of halogens is 3. The van der Waals surface area contributed by atoms with Gasteiger partial charge in [-0.2, -0.15) is 0 Å². The highest BCUT2D eigenvalue weighted by Gasteiger charge is 2.19. The van der Waals surface area contributed by atoms with Crippen LogP contribution in [0.2, 0.25) is 5.02 Å². The smallest absolute Gasteiger partial charge is 0.166 e. The fourth-order valence-corrected chi connectivity index (χ4v) is 2.51. The summed E-state index contributed by atoms with van der Waals surface area (Å²) in [4.78, 5) is 3.93. The second-order valence-electron chi connectivity index (χ2n) is 4.48. The maximum absolute atomic E-state index is 13.4. The van der Waals surface area contributed by atoms with Crippen molar-refractivity contribution in [3.63, 3.8) is 0 Å². The van der Waals surface area contributed by atoms with E-state index in [0.29, 0.717) is 16.3 Å². The minimum Gasteiger partial charge on any atom is -0.367 e. The third-order valence-corrected chi connectivity index (χ3v) is 3.79. The number of hydrogen-bond acceptors (Lipinski definition) is 2. The lowest BCUT2D eigenvalue weighted by atomic mass is 9.89. The number of nitrogens with zero attached hydrogens (tertiary/aromatic N) is 1.